The van der Waals surface area contributed by atoms with Gasteiger partial charge in [0.1, 0.15) is 0 Å². The summed E-state index contributed by atoms with van der Waals surface area (Å²) in [5.41, 5.74) is 14.0. The Bertz CT molecular complexity index is 2740. The molecule has 0 atom stereocenters. The maximum absolute atomic E-state index is 5.04. The van der Waals surface area contributed by atoms with Crippen LogP contribution >= 0.6 is 0 Å². The molecule has 0 saturated heterocycles. The lowest BCUT2D eigenvalue weighted by Gasteiger charge is -2.21. The number of para-hydroxylation sites is 1. The van der Waals surface area contributed by atoms with E-state index in [1.54, 1.807) is 0 Å². The van der Waals surface area contributed by atoms with E-state index in [-0.39, 0.29) is 5.41 Å². The van der Waals surface area contributed by atoms with E-state index in [0.717, 1.165) is 33.4 Å². The summed E-state index contributed by atoms with van der Waals surface area (Å²) in [7, 11) is 0. The van der Waals surface area contributed by atoms with Crippen molar-refractivity contribution in [2.24, 2.45) is 0 Å². The van der Waals surface area contributed by atoms with Crippen molar-refractivity contribution in [2.45, 2.75) is 19.3 Å². The van der Waals surface area contributed by atoms with Crippen molar-refractivity contribution in [1.29, 1.82) is 0 Å². The fourth-order valence-corrected chi connectivity index (χ4v) is 8.03. The van der Waals surface area contributed by atoms with Crippen LogP contribution in [-0.2, 0) is 5.41 Å². The van der Waals surface area contributed by atoms with E-state index >= 15 is 0 Å². The summed E-state index contributed by atoms with van der Waals surface area (Å²) in [5.74, 6) is 1.94. The van der Waals surface area contributed by atoms with Crippen molar-refractivity contribution in [3.05, 3.63) is 181 Å². The zero-order valence-electron chi connectivity index (χ0n) is 29.0. The normalized spacial score (nSPS) is 13.0. The maximum atomic E-state index is 5.04. The van der Waals surface area contributed by atoms with Gasteiger partial charge in [0.25, 0.3) is 0 Å². The highest BCUT2D eigenvalue weighted by molar-refractivity contribution is 6.11. The standard InChI is InChI=1S/C48H34N4/c1-48(2)41-21-13-12-20-37(41)39-28-33(23-26-42(39)48)34-24-27-43-40(29-34)38-25-22-35(30-44(38)52(43)36-18-10-5-11-19-36)47-50-45(31-14-6-3-7-15-31)49-46(51-47)32-16-8-4-9-17-32/h3-30H,1-2H3. The number of fused-ring (bicyclic) bond motifs is 6. The van der Waals surface area contributed by atoms with Crippen LogP contribution in [0.15, 0.2) is 170 Å². The first-order chi connectivity index (χ1) is 25.5. The zero-order valence-corrected chi connectivity index (χ0v) is 29.0. The average molecular weight is 667 g/mol. The molecule has 2 aromatic heterocycles. The molecule has 0 bridgehead atoms. The van der Waals surface area contributed by atoms with Crippen LogP contribution in [0.1, 0.15) is 25.0 Å². The highest BCUT2D eigenvalue weighted by Gasteiger charge is 2.35. The van der Waals surface area contributed by atoms with Crippen LogP contribution in [0.2, 0.25) is 0 Å². The number of hydrogen-bond acceptors (Lipinski definition) is 3. The summed E-state index contributed by atoms with van der Waals surface area (Å²) in [6.45, 7) is 4.66. The third-order valence-corrected chi connectivity index (χ3v) is 10.7. The van der Waals surface area contributed by atoms with E-state index in [4.69, 9.17) is 15.0 Å². The van der Waals surface area contributed by atoms with Crippen LogP contribution in [0.4, 0.5) is 0 Å². The second kappa shape index (κ2) is 11.7. The number of hydrogen-bond donors (Lipinski definition) is 0. The summed E-state index contributed by atoms with van der Waals surface area (Å²) in [6, 6.07) is 60.2. The monoisotopic (exact) mass is 666 g/mol. The Morgan fingerprint density at radius 3 is 1.62 bits per heavy atom. The Morgan fingerprint density at radius 1 is 0.385 bits per heavy atom. The van der Waals surface area contributed by atoms with Gasteiger partial charge in [-0.05, 0) is 69.8 Å². The fourth-order valence-electron chi connectivity index (χ4n) is 8.03. The smallest absolute Gasteiger partial charge is 0.164 e. The first-order valence-corrected chi connectivity index (χ1v) is 17.8. The molecular formula is C48H34N4. The minimum atomic E-state index is -0.0164. The SMILES string of the molecule is CC1(C)c2ccccc2-c2cc(-c3ccc4c(c3)c3ccc(-c5nc(-c6ccccc6)nc(-c6ccccc6)n5)cc3n4-c3ccccc3)ccc21. The third kappa shape index (κ3) is 4.79. The molecule has 0 radical (unpaired) electrons. The van der Waals surface area contributed by atoms with Crippen molar-refractivity contribution in [3.8, 4) is 62.1 Å². The first-order valence-electron chi connectivity index (χ1n) is 17.8. The maximum Gasteiger partial charge on any atom is 0.164 e. The average Bonchev–Trinajstić information content (AvgIpc) is 3.66. The lowest BCUT2D eigenvalue weighted by molar-refractivity contribution is 0.660. The molecule has 10 rings (SSSR count). The highest BCUT2D eigenvalue weighted by Crippen LogP contribution is 2.49. The molecule has 246 valence electrons. The molecule has 4 heteroatoms. The summed E-state index contributed by atoms with van der Waals surface area (Å²) < 4.78 is 2.36. The van der Waals surface area contributed by atoms with Crippen LogP contribution in [0, 0.1) is 0 Å². The van der Waals surface area contributed by atoms with E-state index in [1.165, 1.54) is 44.2 Å². The van der Waals surface area contributed by atoms with Gasteiger partial charge >= 0.3 is 0 Å². The number of aromatic nitrogens is 4. The number of benzene rings is 7. The van der Waals surface area contributed by atoms with Crippen molar-refractivity contribution in [2.75, 3.05) is 0 Å². The molecule has 0 amide bonds. The van der Waals surface area contributed by atoms with E-state index in [2.05, 4.69) is 128 Å². The first kappa shape index (κ1) is 30.2. The second-order valence-electron chi connectivity index (χ2n) is 14.1. The third-order valence-electron chi connectivity index (χ3n) is 10.7. The topological polar surface area (TPSA) is 43.6 Å². The predicted molar refractivity (Wildman–Crippen MR) is 213 cm³/mol. The number of nitrogens with zero attached hydrogens (tertiary/aromatic N) is 4. The fraction of sp³-hybridized carbons (Fsp3) is 0.0625. The second-order valence-corrected chi connectivity index (χ2v) is 14.1. The van der Waals surface area contributed by atoms with Gasteiger partial charge in [-0.3, -0.25) is 0 Å². The van der Waals surface area contributed by atoms with E-state index in [0.29, 0.717) is 17.5 Å². The Balaban J connectivity index is 1.16. The lowest BCUT2D eigenvalue weighted by atomic mass is 9.82. The predicted octanol–water partition coefficient (Wildman–Crippen LogP) is 11.9. The van der Waals surface area contributed by atoms with Gasteiger partial charge in [-0.15, -0.1) is 0 Å². The van der Waals surface area contributed by atoms with Gasteiger partial charge in [-0.1, -0.05) is 147 Å². The van der Waals surface area contributed by atoms with Crippen LogP contribution in [-0.4, -0.2) is 19.5 Å². The van der Waals surface area contributed by atoms with Gasteiger partial charge in [0.15, 0.2) is 17.5 Å². The summed E-state index contributed by atoms with van der Waals surface area (Å²) >= 11 is 0. The molecule has 1 aliphatic rings. The van der Waals surface area contributed by atoms with Crippen molar-refractivity contribution < 1.29 is 0 Å². The summed E-state index contributed by atoms with van der Waals surface area (Å²) in [5, 5.41) is 2.38. The molecule has 9 aromatic rings. The van der Waals surface area contributed by atoms with Crippen LogP contribution in [0.3, 0.4) is 0 Å². The zero-order chi connectivity index (χ0) is 34.8. The molecule has 7 aromatic carbocycles. The molecule has 1 aliphatic carbocycles. The Morgan fingerprint density at radius 2 is 0.923 bits per heavy atom. The van der Waals surface area contributed by atoms with Crippen molar-refractivity contribution in [3.63, 3.8) is 0 Å². The molecule has 0 spiro atoms. The quantitative estimate of drug-likeness (QED) is 0.184. The summed E-state index contributed by atoms with van der Waals surface area (Å²) in [6.07, 6.45) is 0. The van der Waals surface area contributed by atoms with E-state index in [9.17, 15) is 0 Å². The van der Waals surface area contributed by atoms with Gasteiger partial charge in [0.05, 0.1) is 11.0 Å². The molecule has 4 nitrogen and oxygen atoms in total. The summed E-state index contributed by atoms with van der Waals surface area (Å²) in [4.78, 5) is 15.0. The molecule has 0 aliphatic heterocycles. The van der Waals surface area contributed by atoms with E-state index < -0.39 is 0 Å². The van der Waals surface area contributed by atoms with Crippen LogP contribution < -0.4 is 0 Å². The van der Waals surface area contributed by atoms with Gasteiger partial charge in [-0.25, -0.2) is 15.0 Å². The van der Waals surface area contributed by atoms with Crippen molar-refractivity contribution in [1.82, 2.24) is 19.5 Å². The van der Waals surface area contributed by atoms with Crippen LogP contribution in [0.5, 0.6) is 0 Å². The lowest BCUT2D eigenvalue weighted by Crippen LogP contribution is -2.14. The molecule has 2 heterocycles. The molecule has 0 N–H and O–H groups in total. The van der Waals surface area contributed by atoms with Gasteiger partial charge in [0.2, 0.25) is 0 Å². The molecular weight excluding hydrogens is 633 g/mol. The Kier molecular flexibility index (Phi) is 6.80. The van der Waals surface area contributed by atoms with E-state index in [1.807, 2.05) is 60.7 Å². The number of rotatable bonds is 5. The minimum Gasteiger partial charge on any atom is -0.309 e. The van der Waals surface area contributed by atoms with Gasteiger partial charge in [-0.2, -0.15) is 0 Å². The molecule has 0 unspecified atom stereocenters. The Hall–Kier alpha value is -6.65. The minimum absolute atomic E-state index is 0.0164. The molecule has 52 heavy (non-hydrogen) atoms. The molecule has 0 saturated carbocycles. The van der Waals surface area contributed by atoms with Gasteiger partial charge in [0, 0.05) is 38.6 Å². The van der Waals surface area contributed by atoms with Crippen molar-refractivity contribution >= 4 is 21.8 Å². The van der Waals surface area contributed by atoms with Crippen LogP contribution in [0.25, 0.3) is 83.9 Å². The van der Waals surface area contributed by atoms with Gasteiger partial charge < -0.3 is 4.57 Å². The Labute approximate surface area is 302 Å². The highest BCUT2D eigenvalue weighted by atomic mass is 15.0. The molecule has 0 fully saturated rings. The largest absolute Gasteiger partial charge is 0.309 e.